The van der Waals surface area contributed by atoms with Crippen LogP contribution in [0.5, 0.6) is 0 Å². The number of sulfonamides is 1. The molecule has 2 N–H and O–H groups in total. The summed E-state index contributed by atoms with van der Waals surface area (Å²) in [7, 11) is -1.41. The van der Waals surface area contributed by atoms with Crippen molar-refractivity contribution in [1.82, 2.24) is 14.3 Å². The van der Waals surface area contributed by atoms with Crippen LogP contribution in [0.1, 0.15) is 47.6 Å². The minimum atomic E-state index is -3.99. The van der Waals surface area contributed by atoms with Crippen molar-refractivity contribution < 1.29 is 17.2 Å². The number of hydrogen-bond donors (Lipinski definition) is 2. The van der Waals surface area contributed by atoms with Gasteiger partial charge in [-0.05, 0) is 42.5 Å². The molecule has 1 heterocycles. The summed E-state index contributed by atoms with van der Waals surface area (Å²) in [6.45, 7) is 0. The van der Waals surface area contributed by atoms with Crippen LogP contribution in [-0.2, 0) is 16.4 Å². The van der Waals surface area contributed by atoms with E-state index in [9.17, 15) is 26.8 Å². The summed E-state index contributed by atoms with van der Waals surface area (Å²) in [4.78, 5) is 29.2. The fraction of sp³-hybridized carbons (Fsp3) is 0.280. The minimum Gasteiger partial charge on any atom is -0.311 e. The SMILES string of the molecule is CN(C)S(=O)(=O)c1cc(F)c(C2=CCC(c3[nH]c(=O)[nH]c(=O)c3Cc3ccccc3)CC2)c(F)c1. The molecule has 0 saturated heterocycles. The predicted molar refractivity (Wildman–Crippen MR) is 129 cm³/mol. The van der Waals surface area contributed by atoms with Gasteiger partial charge in [-0.25, -0.2) is 26.3 Å². The first kappa shape index (κ1) is 24.7. The van der Waals surface area contributed by atoms with Crippen LogP contribution in [-0.4, -0.2) is 36.8 Å². The molecule has 1 aliphatic carbocycles. The second-order valence-electron chi connectivity index (χ2n) is 8.71. The zero-order valence-corrected chi connectivity index (χ0v) is 20.1. The van der Waals surface area contributed by atoms with Gasteiger partial charge < -0.3 is 4.98 Å². The lowest BCUT2D eigenvalue weighted by molar-refractivity contribution is 0.514. The molecule has 2 aromatic carbocycles. The molecule has 1 aliphatic rings. The zero-order valence-electron chi connectivity index (χ0n) is 19.3. The molecule has 0 aliphatic heterocycles. The topological polar surface area (TPSA) is 103 Å². The van der Waals surface area contributed by atoms with Crippen molar-refractivity contribution in [3.63, 3.8) is 0 Å². The quantitative estimate of drug-likeness (QED) is 0.539. The fourth-order valence-electron chi connectivity index (χ4n) is 4.39. The van der Waals surface area contributed by atoms with Crippen LogP contribution in [0.25, 0.3) is 5.57 Å². The highest BCUT2D eigenvalue weighted by molar-refractivity contribution is 7.89. The van der Waals surface area contributed by atoms with Gasteiger partial charge in [-0.1, -0.05) is 36.4 Å². The maximum Gasteiger partial charge on any atom is 0.325 e. The van der Waals surface area contributed by atoms with E-state index in [-0.39, 0.29) is 17.9 Å². The Labute approximate surface area is 201 Å². The van der Waals surface area contributed by atoms with Gasteiger partial charge in [0.1, 0.15) is 11.6 Å². The standard InChI is InChI=1S/C25H25F2N3O4S/c1-30(2)35(33,34)18-13-20(26)22(21(27)14-18)16-8-10-17(11-9-16)23-19(24(31)29-25(32)28-23)12-15-6-4-3-5-7-15/h3-8,13-14,17H,9-12H2,1-2H3,(H2,28,29,31,32). The molecular weight excluding hydrogens is 476 g/mol. The van der Waals surface area contributed by atoms with E-state index in [0.717, 1.165) is 22.0 Å². The van der Waals surface area contributed by atoms with Gasteiger partial charge in [0.2, 0.25) is 10.0 Å². The van der Waals surface area contributed by atoms with E-state index < -0.39 is 37.8 Å². The minimum absolute atomic E-state index is 0.216. The normalized spacial score (nSPS) is 16.4. The molecule has 10 heteroatoms. The lowest BCUT2D eigenvalue weighted by atomic mass is 9.82. The van der Waals surface area contributed by atoms with Gasteiger partial charge in [-0.3, -0.25) is 9.78 Å². The Morgan fingerprint density at radius 3 is 2.26 bits per heavy atom. The van der Waals surface area contributed by atoms with Crippen molar-refractivity contribution in [3.05, 3.63) is 103 Å². The van der Waals surface area contributed by atoms with Crippen molar-refractivity contribution in [2.45, 2.75) is 36.5 Å². The maximum atomic E-state index is 14.9. The maximum absolute atomic E-state index is 14.9. The van der Waals surface area contributed by atoms with Gasteiger partial charge in [0.05, 0.1) is 4.90 Å². The highest BCUT2D eigenvalue weighted by Gasteiger charge is 2.27. The third-order valence-electron chi connectivity index (χ3n) is 6.23. The van der Waals surface area contributed by atoms with E-state index >= 15 is 0 Å². The summed E-state index contributed by atoms with van der Waals surface area (Å²) in [6, 6.07) is 11.0. The number of rotatable bonds is 6. The van der Waals surface area contributed by atoms with Gasteiger partial charge in [0.15, 0.2) is 0 Å². The second-order valence-corrected chi connectivity index (χ2v) is 10.9. The third-order valence-corrected chi connectivity index (χ3v) is 8.03. The zero-order chi connectivity index (χ0) is 25.3. The summed E-state index contributed by atoms with van der Waals surface area (Å²) in [6.07, 6.45) is 3.11. The molecular formula is C25H25F2N3O4S. The summed E-state index contributed by atoms with van der Waals surface area (Å²) in [5.41, 5.74) is 0.977. The number of aromatic nitrogens is 2. The van der Waals surface area contributed by atoms with E-state index in [2.05, 4.69) is 9.97 Å². The van der Waals surface area contributed by atoms with Crippen LogP contribution in [0.2, 0.25) is 0 Å². The molecule has 0 bridgehead atoms. The van der Waals surface area contributed by atoms with Gasteiger partial charge >= 0.3 is 5.69 Å². The van der Waals surface area contributed by atoms with Crippen LogP contribution in [0.15, 0.2) is 63.0 Å². The Kier molecular flexibility index (Phi) is 6.86. The summed E-state index contributed by atoms with van der Waals surface area (Å²) in [5.74, 6) is -2.12. The van der Waals surface area contributed by atoms with Gasteiger partial charge in [-0.2, -0.15) is 0 Å². The smallest absolute Gasteiger partial charge is 0.311 e. The van der Waals surface area contributed by atoms with Gasteiger partial charge in [-0.15, -0.1) is 0 Å². The number of halogens is 2. The first-order valence-electron chi connectivity index (χ1n) is 11.1. The Balaban J connectivity index is 1.65. The fourth-order valence-corrected chi connectivity index (χ4v) is 5.32. The molecule has 0 radical (unpaired) electrons. The van der Waals surface area contributed by atoms with Crippen LogP contribution in [0.4, 0.5) is 8.78 Å². The van der Waals surface area contributed by atoms with Crippen molar-refractivity contribution in [3.8, 4) is 0 Å². The average molecular weight is 502 g/mol. The summed E-state index contributed by atoms with van der Waals surface area (Å²) < 4.78 is 55.1. The molecule has 35 heavy (non-hydrogen) atoms. The number of H-pyrrole nitrogens is 2. The monoisotopic (exact) mass is 501 g/mol. The van der Waals surface area contributed by atoms with Crippen LogP contribution in [0, 0.1) is 11.6 Å². The predicted octanol–water partition coefficient (Wildman–Crippen LogP) is 3.53. The number of nitrogens with zero attached hydrogens (tertiary/aromatic N) is 1. The van der Waals surface area contributed by atoms with E-state index in [1.165, 1.54) is 14.1 Å². The third kappa shape index (κ3) is 5.03. The van der Waals surface area contributed by atoms with Crippen molar-refractivity contribution in [2.24, 2.45) is 0 Å². The van der Waals surface area contributed by atoms with Crippen molar-refractivity contribution in [2.75, 3.05) is 14.1 Å². The highest BCUT2D eigenvalue weighted by atomic mass is 32.2. The number of allylic oxidation sites excluding steroid dienone is 2. The van der Waals surface area contributed by atoms with E-state index in [0.29, 0.717) is 36.1 Å². The van der Waals surface area contributed by atoms with Crippen LogP contribution in [0.3, 0.4) is 0 Å². The van der Waals surface area contributed by atoms with Gasteiger partial charge in [0, 0.05) is 43.3 Å². The molecule has 7 nitrogen and oxygen atoms in total. The molecule has 0 amide bonds. The van der Waals surface area contributed by atoms with E-state index in [1.54, 1.807) is 6.08 Å². The Hall–Kier alpha value is -3.37. The summed E-state index contributed by atoms with van der Waals surface area (Å²) >= 11 is 0. The molecule has 1 atom stereocenters. The molecule has 4 rings (SSSR count). The summed E-state index contributed by atoms with van der Waals surface area (Å²) in [5, 5.41) is 0. The Morgan fingerprint density at radius 2 is 1.69 bits per heavy atom. The number of benzene rings is 2. The molecule has 0 spiro atoms. The number of hydrogen-bond acceptors (Lipinski definition) is 4. The molecule has 0 saturated carbocycles. The molecule has 1 aromatic heterocycles. The molecule has 184 valence electrons. The Bertz CT molecular complexity index is 1490. The first-order chi connectivity index (χ1) is 16.6. The molecule has 0 fully saturated rings. The van der Waals surface area contributed by atoms with E-state index in [4.69, 9.17) is 0 Å². The van der Waals surface area contributed by atoms with Crippen LogP contribution >= 0.6 is 0 Å². The lowest BCUT2D eigenvalue weighted by Gasteiger charge is -2.24. The average Bonchev–Trinajstić information content (AvgIpc) is 2.81. The Morgan fingerprint density at radius 1 is 1.03 bits per heavy atom. The number of nitrogens with one attached hydrogen (secondary N) is 2. The largest absolute Gasteiger partial charge is 0.325 e. The second kappa shape index (κ2) is 9.71. The van der Waals surface area contributed by atoms with E-state index in [1.807, 2.05) is 30.3 Å². The van der Waals surface area contributed by atoms with Crippen molar-refractivity contribution >= 4 is 15.6 Å². The lowest BCUT2D eigenvalue weighted by Crippen LogP contribution is -2.30. The highest BCUT2D eigenvalue weighted by Crippen LogP contribution is 2.38. The van der Waals surface area contributed by atoms with Crippen molar-refractivity contribution in [1.29, 1.82) is 0 Å². The van der Waals surface area contributed by atoms with Gasteiger partial charge in [0.25, 0.3) is 5.56 Å². The van der Waals surface area contributed by atoms with Crippen LogP contribution < -0.4 is 11.2 Å². The first-order valence-corrected chi connectivity index (χ1v) is 12.5. The number of aromatic amines is 2. The molecule has 3 aromatic rings. The molecule has 1 unspecified atom stereocenters.